The van der Waals surface area contributed by atoms with Crippen LogP contribution in [0.4, 0.5) is 0 Å². The number of likely N-dealkylation sites (N-methyl/N-ethyl adjacent to an activating group) is 1. The molecule has 6 heteroatoms. The van der Waals surface area contributed by atoms with E-state index in [1.165, 1.54) is 15.3 Å². The molecule has 0 aromatic heterocycles. The summed E-state index contributed by atoms with van der Waals surface area (Å²) in [4.78, 5) is 13.1. The van der Waals surface area contributed by atoms with Crippen LogP contribution in [0.25, 0.3) is 6.08 Å². The third kappa shape index (κ3) is 5.69. The van der Waals surface area contributed by atoms with Crippen LogP contribution in [0.5, 0.6) is 0 Å². The molecule has 0 aliphatic rings. The third-order valence-corrected chi connectivity index (χ3v) is 4.39. The Kier molecular flexibility index (Phi) is 6.58. The second-order valence-corrected chi connectivity index (χ2v) is 6.70. The van der Waals surface area contributed by atoms with Crippen molar-refractivity contribution >= 4 is 22.0 Å². The summed E-state index contributed by atoms with van der Waals surface area (Å²) in [5.41, 5.74) is 0.802. The first-order valence-corrected chi connectivity index (χ1v) is 8.30. The van der Waals surface area contributed by atoms with Gasteiger partial charge >= 0.3 is 0 Å². The lowest BCUT2D eigenvalue weighted by atomic mass is 10.2. The molecule has 0 heterocycles. The number of hydrogen-bond donors (Lipinski definition) is 0. The van der Waals surface area contributed by atoms with Gasteiger partial charge in [0, 0.05) is 26.0 Å². The smallest absolute Gasteiger partial charge is 0.237 e. The summed E-state index contributed by atoms with van der Waals surface area (Å²) < 4.78 is 25.8. The Hall–Kier alpha value is -1.66. The SMILES string of the molecule is CCCN(CC(=O)N(C)C)S(=O)(=O)/C=C/c1ccccc1. The van der Waals surface area contributed by atoms with Gasteiger partial charge in [-0.15, -0.1) is 0 Å². The Bertz CT molecular complexity index is 580. The van der Waals surface area contributed by atoms with Gasteiger partial charge in [0.2, 0.25) is 15.9 Å². The number of carbonyl (C=O) groups is 1. The van der Waals surface area contributed by atoms with E-state index >= 15 is 0 Å². The van der Waals surface area contributed by atoms with E-state index in [1.54, 1.807) is 14.1 Å². The summed E-state index contributed by atoms with van der Waals surface area (Å²) in [5.74, 6) is -0.236. The molecule has 1 amide bonds. The van der Waals surface area contributed by atoms with Crippen molar-refractivity contribution in [3.63, 3.8) is 0 Å². The highest BCUT2D eigenvalue weighted by atomic mass is 32.2. The minimum Gasteiger partial charge on any atom is -0.348 e. The minimum absolute atomic E-state index is 0.137. The molecule has 116 valence electrons. The normalized spacial score (nSPS) is 12.0. The van der Waals surface area contributed by atoms with E-state index in [9.17, 15) is 13.2 Å². The Labute approximate surface area is 126 Å². The molecule has 1 rings (SSSR count). The Balaban J connectivity index is 2.89. The molecule has 21 heavy (non-hydrogen) atoms. The first kappa shape index (κ1) is 17.4. The number of benzene rings is 1. The van der Waals surface area contributed by atoms with Crippen LogP contribution in [0.1, 0.15) is 18.9 Å². The summed E-state index contributed by atoms with van der Waals surface area (Å²) in [6.07, 6.45) is 2.19. The molecular weight excluding hydrogens is 288 g/mol. The minimum atomic E-state index is -3.61. The fourth-order valence-electron chi connectivity index (χ4n) is 1.65. The lowest BCUT2D eigenvalue weighted by Crippen LogP contribution is -2.39. The summed E-state index contributed by atoms with van der Waals surface area (Å²) in [7, 11) is -0.386. The molecule has 0 aliphatic carbocycles. The van der Waals surface area contributed by atoms with Crippen LogP contribution >= 0.6 is 0 Å². The van der Waals surface area contributed by atoms with E-state index in [4.69, 9.17) is 0 Å². The van der Waals surface area contributed by atoms with E-state index in [2.05, 4.69) is 0 Å². The monoisotopic (exact) mass is 310 g/mol. The van der Waals surface area contributed by atoms with Gasteiger partial charge in [-0.1, -0.05) is 37.3 Å². The molecule has 1 aromatic rings. The van der Waals surface area contributed by atoms with Crippen LogP contribution in [-0.4, -0.2) is 50.7 Å². The van der Waals surface area contributed by atoms with Crippen LogP contribution in [-0.2, 0) is 14.8 Å². The molecule has 5 nitrogen and oxygen atoms in total. The van der Waals surface area contributed by atoms with Gasteiger partial charge in [-0.2, -0.15) is 4.31 Å². The molecule has 0 spiro atoms. The van der Waals surface area contributed by atoms with Crippen LogP contribution in [0, 0.1) is 0 Å². The van der Waals surface area contributed by atoms with Gasteiger partial charge in [-0.05, 0) is 18.1 Å². The predicted molar refractivity (Wildman–Crippen MR) is 85.0 cm³/mol. The molecular formula is C15H22N2O3S. The molecule has 0 bridgehead atoms. The fourth-order valence-corrected chi connectivity index (χ4v) is 2.88. The van der Waals surface area contributed by atoms with Gasteiger partial charge in [-0.3, -0.25) is 4.79 Å². The highest BCUT2D eigenvalue weighted by Gasteiger charge is 2.22. The highest BCUT2D eigenvalue weighted by Crippen LogP contribution is 2.09. The maximum Gasteiger partial charge on any atom is 0.237 e. The van der Waals surface area contributed by atoms with Gasteiger partial charge in [0.1, 0.15) is 0 Å². The summed E-state index contributed by atoms with van der Waals surface area (Å²) in [6.45, 7) is 2.06. The van der Waals surface area contributed by atoms with E-state index in [0.29, 0.717) is 13.0 Å². The van der Waals surface area contributed by atoms with Gasteiger partial charge in [0.15, 0.2) is 0 Å². The zero-order valence-corrected chi connectivity index (χ0v) is 13.5. The second-order valence-electron chi connectivity index (χ2n) is 4.88. The Morgan fingerprint density at radius 3 is 2.33 bits per heavy atom. The average Bonchev–Trinajstić information content (AvgIpc) is 2.45. The number of sulfonamides is 1. The molecule has 1 aromatic carbocycles. The topological polar surface area (TPSA) is 57.7 Å². The average molecular weight is 310 g/mol. The van der Waals surface area contributed by atoms with Gasteiger partial charge in [0.05, 0.1) is 6.54 Å². The third-order valence-electron chi connectivity index (χ3n) is 2.88. The highest BCUT2D eigenvalue weighted by molar-refractivity contribution is 7.92. The van der Waals surface area contributed by atoms with Crippen molar-refractivity contribution in [2.24, 2.45) is 0 Å². The molecule has 0 radical (unpaired) electrons. The fraction of sp³-hybridized carbons (Fsp3) is 0.400. The molecule has 0 N–H and O–H groups in total. The largest absolute Gasteiger partial charge is 0.348 e. The number of carbonyl (C=O) groups excluding carboxylic acids is 1. The number of hydrogen-bond acceptors (Lipinski definition) is 3. The number of rotatable bonds is 7. The van der Waals surface area contributed by atoms with Crippen LogP contribution in [0.2, 0.25) is 0 Å². The lowest BCUT2D eigenvalue weighted by Gasteiger charge is -2.21. The lowest BCUT2D eigenvalue weighted by molar-refractivity contribution is -0.128. The summed E-state index contributed by atoms with van der Waals surface area (Å²) in [6, 6.07) is 9.19. The number of amides is 1. The first-order chi connectivity index (χ1) is 9.86. The van der Waals surface area contributed by atoms with Crippen molar-refractivity contribution < 1.29 is 13.2 Å². The summed E-state index contributed by atoms with van der Waals surface area (Å²) in [5, 5.41) is 1.15. The van der Waals surface area contributed by atoms with Crippen LogP contribution in [0.3, 0.4) is 0 Å². The van der Waals surface area contributed by atoms with Crippen LogP contribution in [0.15, 0.2) is 35.7 Å². The standard InChI is InChI=1S/C15H22N2O3S/c1-4-11-17(13-15(18)16(2)3)21(19,20)12-10-14-8-6-5-7-9-14/h5-10,12H,4,11,13H2,1-3H3/b12-10+. The molecule has 0 saturated heterocycles. The predicted octanol–water partition coefficient (Wildman–Crippen LogP) is 1.79. The van der Waals surface area contributed by atoms with Gasteiger partial charge < -0.3 is 4.90 Å². The maximum atomic E-state index is 12.3. The van der Waals surface area contributed by atoms with Gasteiger partial charge in [-0.25, -0.2) is 8.42 Å². The van der Waals surface area contributed by atoms with Crippen molar-refractivity contribution in [2.45, 2.75) is 13.3 Å². The Morgan fingerprint density at radius 2 is 1.81 bits per heavy atom. The van der Waals surface area contributed by atoms with Crippen molar-refractivity contribution in [3.05, 3.63) is 41.3 Å². The van der Waals surface area contributed by atoms with Crippen molar-refractivity contribution in [1.82, 2.24) is 9.21 Å². The van der Waals surface area contributed by atoms with Crippen molar-refractivity contribution in [2.75, 3.05) is 27.2 Å². The zero-order chi connectivity index (χ0) is 15.9. The summed E-state index contributed by atoms with van der Waals surface area (Å²) >= 11 is 0. The quantitative estimate of drug-likeness (QED) is 0.771. The molecule has 0 aliphatic heterocycles. The van der Waals surface area contributed by atoms with Gasteiger partial charge in [0.25, 0.3) is 0 Å². The number of nitrogens with zero attached hydrogens (tertiary/aromatic N) is 2. The Morgan fingerprint density at radius 1 is 1.19 bits per heavy atom. The second kappa shape index (κ2) is 7.95. The van der Waals surface area contributed by atoms with E-state index in [1.807, 2.05) is 37.3 Å². The first-order valence-electron chi connectivity index (χ1n) is 6.80. The molecule has 0 fully saturated rings. The van der Waals surface area contributed by atoms with Crippen LogP contribution < -0.4 is 0 Å². The van der Waals surface area contributed by atoms with E-state index < -0.39 is 10.0 Å². The molecule has 0 saturated carbocycles. The molecule has 0 unspecified atom stereocenters. The maximum absolute atomic E-state index is 12.3. The van der Waals surface area contributed by atoms with Crippen molar-refractivity contribution in [3.8, 4) is 0 Å². The van der Waals surface area contributed by atoms with E-state index in [-0.39, 0.29) is 12.5 Å². The zero-order valence-electron chi connectivity index (χ0n) is 12.7. The molecule has 0 atom stereocenters. The van der Waals surface area contributed by atoms with E-state index in [0.717, 1.165) is 11.0 Å². The van der Waals surface area contributed by atoms with Crippen molar-refractivity contribution in [1.29, 1.82) is 0 Å².